The van der Waals surface area contributed by atoms with Gasteiger partial charge in [0.25, 0.3) is 0 Å². The van der Waals surface area contributed by atoms with Gasteiger partial charge < -0.3 is 4.90 Å². The summed E-state index contributed by atoms with van der Waals surface area (Å²) in [5.41, 5.74) is 1.28. The van der Waals surface area contributed by atoms with Crippen molar-refractivity contribution in [1.82, 2.24) is 4.90 Å². The van der Waals surface area contributed by atoms with Gasteiger partial charge in [-0.15, -0.1) is 0 Å². The molecule has 2 heteroatoms. The van der Waals surface area contributed by atoms with E-state index in [0.717, 1.165) is 0 Å². The average Bonchev–Trinajstić information content (AvgIpc) is 2.10. The Morgan fingerprint density at radius 3 is 2.43 bits per heavy atom. The molecule has 0 fully saturated rings. The van der Waals surface area contributed by atoms with Crippen LogP contribution in [0, 0.1) is 5.92 Å². The van der Waals surface area contributed by atoms with E-state index in [0.29, 0.717) is 5.92 Å². The van der Waals surface area contributed by atoms with Crippen molar-refractivity contribution in [2.45, 2.75) is 13.8 Å². The topological polar surface area (TPSA) is 15.6 Å². The van der Waals surface area contributed by atoms with Gasteiger partial charge >= 0.3 is 0 Å². The number of hydrogen-bond donors (Lipinski definition) is 0. The van der Waals surface area contributed by atoms with Crippen LogP contribution < -0.4 is 0 Å². The summed E-state index contributed by atoms with van der Waals surface area (Å²) in [5.74, 6) is 0.515. The Hall–Kier alpha value is -1.31. The molecule has 0 unspecified atom stereocenters. The van der Waals surface area contributed by atoms with Crippen molar-refractivity contribution >= 4 is 6.72 Å². The minimum atomic E-state index is 0.515. The summed E-state index contributed by atoms with van der Waals surface area (Å²) in [6, 6.07) is 0. The van der Waals surface area contributed by atoms with Crippen LogP contribution in [0.5, 0.6) is 0 Å². The van der Waals surface area contributed by atoms with Gasteiger partial charge in [0.05, 0.1) is 0 Å². The zero-order valence-corrected chi connectivity index (χ0v) is 9.57. The highest BCUT2D eigenvalue weighted by Gasteiger charge is 1.96. The third kappa shape index (κ3) is 6.23. The van der Waals surface area contributed by atoms with Gasteiger partial charge in [0.2, 0.25) is 0 Å². The molecular weight excluding hydrogens is 172 g/mol. The lowest BCUT2D eigenvalue weighted by molar-refractivity contribution is 0.562. The molecule has 0 radical (unpaired) electrons. The molecule has 0 spiro atoms. The van der Waals surface area contributed by atoms with E-state index in [-0.39, 0.29) is 0 Å². The van der Waals surface area contributed by atoms with Crippen molar-refractivity contribution < 1.29 is 0 Å². The monoisotopic (exact) mass is 192 g/mol. The number of nitrogens with zero attached hydrogens (tertiary/aromatic N) is 2. The molecule has 14 heavy (non-hydrogen) atoms. The van der Waals surface area contributed by atoms with Crippen LogP contribution in [0.3, 0.4) is 0 Å². The van der Waals surface area contributed by atoms with E-state index in [1.165, 1.54) is 5.57 Å². The van der Waals surface area contributed by atoms with Crippen LogP contribution in [0.1, 0.15) is 13.8 Å². The molecule has 0 amide bonds. The second kappa shape index (κ2) is 7.13. The van der Waals surface area contributed by atoms with Gasteiger partial charge in [-0.2, -0.15) is 0 Å². The zero-order valence-electron chi connectivity index (χ0n) is 9.57. The second-order valence-electron chi connectivity index (χ2n) is 3.62. The number of hydrogen-bond acceptors (Lipinski definition) is 2. The van der Waals surface area contributed by atoms with Gasteiger partial charge in [-0.1, -0.05) is 19.9 Å². The van der Waals surface area contributed by atoms with Crippen LogP contribution in [0.15, 0.2) is 41.2 Å². The van der Waals surface area contributed by atoms with Crippen molar-refractivity contribution in [3.63, 3.8) is 0 Å². The first-order valence-electron chi connectivity index (χ1n) is 4.75. The second-order valence-corrected chi connectivity index (χ2v) is 3.62. The fraction of sp³-hybridized carbons (Fsp3) is 0.417. The molecule has 0 rings (SSSR count). The Kier molecular flexibility index (Phi) is 6.46. The molecule has 0 aliphatic rings. The lowest BCUT2D eigenvalue weighted by Gasteiger charge is -2.08. The maximum Gasteiger partial charge on any atom is 0.0260 e. The SMILES string of the molecule is C=N\C=C/C=C(/C=C/N(C)C)C(C)C. The van der Waals surface area contributed by atoms with Crippen molar-refractivity contribution in [3.8, 4) is 0 Å². The standard InChI is InChI=1S/C12H20N2/c1-11(2)12(7-6-9-13-3)8-10-14(4)5/h6-11H,3H2,1-2,4-5H3/b9-6-,10-8+,12-7-. The van der Waals surface area contributed by atoms with Crippen LogP contribution in [0.25, 0.3) is 0 Å². The number of aliphatic imine (C=N–C) groups is 1. The van der Waals surface area contributed by atoms with Crippen LogP contribution in [0.2, 0.25) is 0 Å². The maximum absolute atomic E-state index is 3.65. The summed E-state index contributed by atoms with van der Waals surface area (Å²) >= 11 is 0. The fourth-order valence-corrected chi connectivity index (χ4v) is 0.891. The smallest absolute Gasteiger partial charge is 0.0260 e. The van der Waals surface area contributed by atoms with Gasteiger partial charge in [0.15, 0.2) is 0 Å². The third-order valence-corrected chi connectivity index (χ3v) is 1.71. The number of rotatable bonds is 5. The summed E-state index contributed by atoms with van der Waals surface area (Å²) in [6.45, 7) is 7.72. The Balaban J connectivity index is 4.51. The Morgan fingerprint density at radius 1 is 1.36 bits per heavy atom. The van der Waals surface area contributed by atoms with Crippen molar-refractivity contribution in [3.05, 3.63) is 36.2 Å². The first-order valence-corrected chi connectivity index (χ1v) is 4.75. The third-order valence-electron chi connectivity index (χ3n) is 1.71. The van der Waals surface area contributed by atoms with Gasteiger partial charge in [0, 0.05) is 20.3 Å². The van der Waals surface area contributed by atoms with Crippen LogP contribution in [0.4, 0.5) is 0 Å². The summed E-state index contributed by atoms with van der Waals surface area (Å²) in [6.07, 6.45) is 9.80. The van der Waals surface area contributed by atoms with Gasteiger partial charge in [-0.3, -0.25) is 4.99 Å². The lowest BCUT2D eigenvalue weighted by atomic mass is 10.0. The summed E-state index contributed by atoms with van der Waals surface area (Å²) in [7, 11) is 4.02. The van der Waals surface area contributed by atoms with Crippen LogP contribution >= 0.6 is 0 Å². The van der Waals surface area contributed by atoms with Gasteiger partial charge in [-0.05, 0) is 36.6 Å². The van der Waals surface area contributed by atoms with E-state index < -0.39 is 0 Å². The molecule has 0 aromatic rings. The molecule has 0 bridgehead atoms. The van der Waals surface area contributed by atoms with E-state index >= 15 is 0 Å². The molecule has 0 N–H and O–H groups in total. The Morgan fingerprint density at radius 2 is 2.00 bits per heavy atom. The maximum atomic E-state index is 3.65. The molecule has 0 aromatic carbocycles. The van der Waals surface area contributed by atoms with E-state index in [1.54, 1.807) is 6.20 Å². The summed E-state index contributed by atoms with van der Waals surface area (Å²) < 4.78 is 0. The lowest BCUT2D eigenvalue weighted by Crippen LogP contribution is -2.01. The molecule has 0 aliphatic carbocycles. The predicted molar refractivity (Wildman–Crippen MR) is 64.4 cm³/mol. The molecule has 2 nitrogen and oxygen atoms in total. The first kappa shape index (κ1) is 12.7. The molecule has 78 valence electrons. The highest BCUT2D eigenvalue weighted by Crippen LogP contribution is 2.11. The normalized spacial score (nSPS) is 13.1. The van der Waals surface area contributed by atoms with Gasteiger partial charge in [-0.25, -0.2) is 0 Å². The zero-order chi connectivity index (χ0) is 11.0. The van der Waals surface area contributed by atoms with E-state index in [9.17, 15) is 0 Å². The highest BCUT2D eigenvalue weighted by atomic mass is 15.0. The van der Waals surface area contributed by atoms with E-state index in [1.807, 2.05) is 31.3 Å². The average molecular weight is 192 g/mol. The Bertz CT molecular complexity index is 245. The van der Waals surface area contributed by atoms with Crippen molar-refractivity contribution in [1.29, 1.82) is 0 Å². The van der Waals surface area contributed by atoms with Gasteiger partial charge in [0.1, 0.15) is 0 Å². The molecule has 0 aliphatic heterocycles. The quantitative estimate of drug-likeness (QED) is 0.483. The molecule has 0 atom stereocenters. The molecule has 0 saturated heterocycles. The van der Waals surface area contributed by atoms with E-state index in [4.69, 9.17) is 0 Å². The largest absolute Gasteiger partial charge is 0.383 e. The summed E-state index contributed by atoms with van der Waals surface area (Å²) in [5, 5.41) is 0. The minimum Gasteiger partial charge on any atom is -0.383 e. The molecule has 0 aromatic heterocycles. The predicted octanol–water partition coefficient (Wildman–Crippen LogP) is 2.86. The van der Waals surface area contributed by atoms with Crippen molar-refractivity contribution in [2.75, 3.05) is 14.1 Å². The Labute approximate surface area is 87.3 Å². The first-order chi connectivity index (χ1) is 6.57. The molecular formula is C12H20N2. The molecule has 0 heterocycles. The van der Waals surface area contributed by atoms with Crippen LogP contribution in [-0.4, -0.2) is 25.7 Å². The van der Waals surface area contributed by atoms with Crippen LogP contribution in [-0.2, 0) is 0 Å². The highest BCUT2D eigenvalue weighted by molar-refractivity contribution is 5.28. The van der Waals surface area contributed by atoms with E-state index in [2.05, 4.69) is 37.7 Å². The van der Waals surface area contributed by atoms with Crippen molar-refractivity contribution in [2.24, 2.45) is 10.9 Å². The summed E-state index contributed by atoms with van der Waals surface area (Å²) in [4.78, 5) is 5.67. The fourth-order valence-electron chi connectivity index (χ4n) is 0.891. The number of allylic oxidation sites excluding steroid dienone is 4. The molecule has 0 saturated carbocycles. The minimum absolute atomic E-state index is 0.515.